The molecule has 0 spiro atoms. The van der Waals surface area contributed by atoms with Gasteiger partial charge in [0.25, 0.3) is 0 Å². The van der Waals surface area contributed by atoms with Gasteiger partial charge in [-0.3, -0.25) is 0 Å². The molecule has 1 unspecified atom stereocenters. The van der Waals surface area contributed by atoms with Crippen LogP contribution in [0.3, 0.4) is 0 Å². The predicted octanol–water partition coefficient (Wildman–Crippen LogP) is 5.67. The smallest absolute Gasteiger partial charge is 0.0655 e. The number of hydrogen-bond acceptors (Lipinski definition) is 0. The highest BCUT2D eigenvalue weighted by atomic mass is 14.6. The maximum absolute atomic E-state index is 2.86. The lowest BCUT2D eigenvalue weighted by Crippen LogP contribution is -2.57. The van der Waals surface area contributed by atoms with Crippen molar-refractivity contribution in [2.45, 2.75) is 78.9 Å². The van der Waals surface area contributed by atoms with Gasteiger partial charge in [0, 0.05) is 0 Å². The van der Waals surface area contributed by atoms with E-state index in [2.05, 4.69) is 48.8 Å². The van der Waals surface area contributed by atoms with Gasteiger partial charge in [-0.05, 0) is 59.2 Å². The van der Waals surface area contributed by atoms with Gasteiger partial charge >= 0.3 is 0 Å². The molecular weight excluding hydrogens is 251 g/mol. The van der Waals surface area contributed by atoms with Crippen LogP contribution in [-0.4, -0.2) is 7.28 Å². The molecule has 6 aliphatic rings. The molecule has 0 nitrogen and oxygen atoms in total. The monoisotopic (exact) mass is 285 g/mol. The van der Waals surface area contributed by atoms with Gasteiger partial charge in [0.15, 0.2) is 0 Å². The second kappa shape index (κ2) is 4.32. The van der Waals surface area contributed by atoms with Crippen molar-refractivity contribution in [3.63, 3.8) is 0 Å². The predicted molar refractivity (Wildman–Crippen MR) is 91.6 cm³/mol. The molecule has 6 rings (SSSR count). The van der Waals surface area contributed by atoms with Gasteiger partial charge in [-0.15, -0.1) is 0 Å². The topological polar surface area (TPSA) is 0 Å². The van der Waals surface area contributed by atoms with Crippen molar-refractivity contribution in [2.75, 3.05) is 0 Å². The molecule has 0 aromatic rings. The minimum Gasteiger partial charge on any atom is -0.0655 e. The number of fused-ring (bicyclic) bond motifs is 4. The molecule has 0 N–H and O–H groups in total. The summed E-state index contributed by atoms with van der Waals surface area (Å²) in [6.07, 6.45) is 6.03. The Morgan fingerprint density at radius 1 is 0.667 bits per heavy atom. The van der Waals surface area contributed by atoms with Gasteiger partial charge in [-0.2, -0.15) is 0 Å². The lowest BCUT2D eigenvalue weighted by molar-refractivity contribution is -0.106. The first-order chi connectivity index (χ1) is 9.73. The summed E-state index contributed by atoms with van der Waals surface area (Å²) in [5.41, 5.74) is 1.29. The Morgan fingerprint density at radius 2 is 1.05 bits per heavy atom. The summed E-state index contributed by atoms with van der Waals surface area (Å²) in [6, 6.07) is 0. The second-order valence-corrected chi connectivity index (χ2v) is 10.4. The lowest BCUT2D eigenvalue weighted by Gasteiger charge is -2.65. The summed E-state index contributed by atoms with van der Waals surface area (Å²) >= 11 is 0. The van der Waals surface area contributed by atoms with Crippen LogP contribution in [0.15, 0.2) is 0 Å². The summed E-state index contributed by atoms with van der Waals surface area (Å²) in [5, 5.41) is 0. The molecule has 6 saturated carbocycles. The molecule has 0 aliphatic heterocycles. The zero-order valence-corrected chi connectivity index (χ0v) is 15.0. The molecule has 0 saturated heterocycles. The van der Waals surface area contributed by atoms with Gasteiger partial charge < -0.3 is 0 Å². The fourth-order valence-corrected chi connectivity index (χ4v) is 7.21. The highest BCUT2D eigenvalue weighted by molar-refractivity contribution is 6.40. The van der Waals surface area contributed by atoms with Crippen molar-refractivity contribution in [1.29, 1.82) is 0 Å². The molecule has 1 heteroatoms. The molecule has 1 radical (unpaired) electrons. The van der Waals surface area contributed by atoms with Crippen molar-refractivity contribution in [2.24, 2.45) is 46.3 Å². The Labute approximate surface area is 133 Å². The van der Waals surface area contributed by atoms with Crippen LogP contribution in [0.5, 0.6) is 0 Å². The molecule has 117 valence electrons. The van der Waals surface area contributed by atoms with E-state index in [9.17, 15) is 0 Å². The minimum atomic E-state index is 0.645. The zero-order valence-electron chi connectivity index (χ0n) is 15.0. The number of hydrogen-bond donors (Lipinski definition) is 0. The molecule has 0 amide bonds. The maximum atomic E-state index is 2.86. The third-order valence-corrected chi connectivity index (χ3v) is 9.32. The fraction of sp³-hybridized carbons (Fsp3) is 1.00. The Bertz CT molecular complexity index is 397. The van der Waals surface area contributed by atoms with Gasteiger partial charge in [0.1, 0.15) is 7.28 Å². The van der Waals surface area contributed by atoms with Gasteiger partial charge in [-0.1, -0.05) is 66.0 Å². The van der Waals surface area contributed by atoms with E-state index in [1.54, 1.807) is 0 Å². The molecule has 6 fully saturated rings. The standard InChI is InChI=1S/C20H34B/c1-11-15-7-13(19(15,3)4)9-17(11)21-18-10-14-8-16(12(18)2)20(14,5)6/h11-18H,7-10H2,1-6H3/t11-,12-,13+,14+,15-,16-,17-,18?/m0/s1. The van der Waals surface area contributed by atoms with Crippen molar-refractivity contribution >= 4 is 7.28 Å². The summed E-state index contributed by atoms with van der Waals surface area (Å²) in [7, 11) is 2.86. The van der Waals surface area contributed by atoms with Crippen LogP contribution in [0.25, 0.3) is 0 Å². The van der Waals surface area contributed by atoms with Crippen LogP contribution < -0.4 is 0 Å². The normalized spacial score (nSPS) is 56.1. The highest BCUT2D eigenvalue weighted by Crippen LogP contribution is 2.68. The van der Waals surface area contributed by atoms with Crippen LogP contribution in [0.4, 0.5) is 0 Å². The van der Waals surface area contributed by atoms with Crippen molar-refractivity contribution in [3.8, 4) is 0 Å². The highest BCUT2D eigenvalue weighted by Gasteiger charge is 2.59. The second-order valence-electron chi connectivity index (χ2n) is 10.4. The molecular formula is C20H34B. The third kappa shape index (κ3) is 1.81. The van der Waals surface area contributed by atoms with E-state index in [4.69, 9.17) is 0 Å². The van der Waals surface area contributed by atoms with E-state index in [0.29, 0.717) is 10.8 Å². The average Bonchev–Trinajstić information content (AvgIpc) is 2.41. The Kier molecular flexibility index (Phi) is 3.02. The Hall–Kier alpha value is 0.0649. The van der Waals surface area contributed by atoms with E-state index < -0.39 is 0 Å². The van der Waals surface area contributed by atoms with Crippen LogP contribution in [0.1, 0.15) is 67.2 Å². The molecule has 8 atom stereocenters. The van der Waals surface area contributed by atoms with Gasteiger partial charge in [0.2, 0.25) is 0 Å². The summed E-state index contributed by atoms with van der Waals surface area (Å²) in [6.45, 7) is 15.2. The zero-order chi connectivity index (χ0) is 15.2. The van der Waals surface area contributed by atoms with Crippen LogP contribution in [0, 0.1) is 46.3 Å². The molecule has 0 heterocycles. The first-order valence-corrected chi connectivity index (χ1v) is 9.58. The van der Waals surface area contributed by atoms with E-state index in [0.717, 1.165) is 47.1 Å². The van der Waals surface area contributed by atoms with Crippen LogP contribution >= 0.6 is 0 Å². The van der Waals surface area contributed by atoms with Gasteiger partial charge in [-0.25, -0.2) is 0 Å². The van der Waals surface area contributed by atoms with E-state index in [1.807, 2.05) is 0 Å². The molecule has 21 heavy (non-hydrogen) atoms. The van der Waals surface area contributed by atoms with Crippen molar-refractivity contribution < 1.29 is 0 Å². The molecule has 4 bridgehead atoms. The van der Waals surface area contributed by atoms with E-state index >= 15 is 0 Å². The minimum absolute atomic E-state index is 0.645. The third-order valence-electron chi connectivity index (χ3n) is 9.32. The van der Waals surface area contributed by atoms with Crippen molar-refractivity contribution in [3.05, 3.63) is 0 Å². The first-order valence-electron chi connectivity index (χ1n) is 9.58. The molecule has 0 aromatic carbocycles. The van der Waals surface area contributed by atoms with E-state index in [1.165, 1.54) is 25.7 Å². The van der Waals surface area contributed by atoms with Crippen LogP contribution in [0.2, 0.25) is 11.6 Å². The quantitative estimate of drug-likeness (QED) is 0.573. The summed E-state index contributed by atoms with van der Waals surface area (Å²) in [4.78, 5) is 0. The van der Waals surface area contributed by atoms with Gasteiger partial charge in [0.05, 0.1) is 0 Å². The SMILES string of the molecule is C[C@@H]1[C@@H]([B]C2C[C@H]3C[C@@H]([C@@H]2C)C3(C)C)C[C@H]2C[C@@H]1C2(C)C. The van der Waals surface area contributed by atoms with Crippen molar-refractivity contribution in [1.82, 2.24) is 0 Å². The maximum Gasteiger partial charge on any atom is 0.118 e. The fourth-order valence-electron chi connectivity index (χ4n) is 7.21. The van der Waals surface area contributed by atoms with E-state index in [-0.39, 0.29) is 0 Å². The van der Waals surface area contributed by atoms with Crippen LogP contribution in [-0.2, 0) is 0 Å². The first kappa shape index (κ1) is 14.6. The largest absolute Gasteiger partial charge is 0.118 e. The lowest BCUT2D eigenvalue weighted by atomic mass is 9.31. The Morgan fingerprint density at radius 3 is 1.33 bits per heavy atom. The summed E-state index contributed by atoms with van der Waals surface area (Å²) in [5.74, 6) is 7.76. The average molecular weight is 285 g/mol. The number of rotatable bonds is 2. The summed E-state index contributed by atoms with van der Waals surface area (Å²) < 4.78 is 0. The Balaban J connectivity index is 1.42. The molecule has 6 aliphatic carbocycles. The molecule has 0 aromatic heterocycles.